The average Bonchev–Trinajstić information content (AvgIpc) is 3.39. The van der Waals surface area contributed by atoms with E-state index in [0.717, 1.165) is 44.5 Å². The van der Waals surface area contributed by atoms with Gasteiger partial charge in [-0.3, -0.25) is 4.79 Å². The summed E-state index contributed by atoms with van der Waals surface area (Å²) in [5, 5.41) is 21.4. The van der Waals surface area contributed by atoms with Gasteiger partial charge in [0.1, 0.15) is 13.2 Å². The fraction of sp³-hybridized carbons (Fsp3) is 0.692. The summed E-state index contributed by atoms with van der Waals surface area (Å²) in [6.07, 6.45) is 3.48. The number of fused-ring (bicyclic) bond motifs is 1. The van der Waals surface area contributed by atoms with Crippen molar-refractivity contribution in [1.82, 2.24) is 10.2 Å². The number of carbonyl (C=O) groups excluding carboxylic acids is 1. The molecule has 0 aromatic heterocycles. The molecule has 1 aromatic rings. The molecule has 11 heteroatoms. The first-order valence-corrected chi connectivity index (χ1v) is 13.0. The van der Waals surface area contributed by atoms with Gasteiger partial charge in [0.15, 0.2) is 11.5 Å². The van der Waals surface area contributed by atoms with Gasteiger partial charge in [0.25, 0.3) is 0 Å². The number of alkyl halides is 3. The smallest absolute Gasteiger partial charge is 0.486 e. The first kappa shape index (κ1) is 30.7. The number of rotatable bonds is 12. The van der Waals surface area contributed by atoms with Crippen molar-refractivity contribution in [3.63, 3.8) is 0 Å². The van der Waals surface area contributed by atoms with Crippen LogP contribution in [0.15, 0.2) is 18.2 Å². The predicted molar refractivity (Wildman–Crippen MR) is 132 cm³/mol. The van der Waals surface area contributed by atoms with Crippen LogP contribution in [0.1, 0.15) is 76.4 Å². The van der Waals surface area contributed by atoms with E-state index in [-0.39, 0.29) is 11.9 Å². The van der Waals surface area contributed by atoms with Gasteiger partial charge in [0.05, 0.1) is 12.1 Å². The Morgan fingerprint density at radius 1 is 1.05 bits per heavy atom. The molecule has 2 heterocycles. The van der Waals surface area contributed by atoms with Gasteiger partial charge in [0.2, 0.25) is 5.91 Å². The third kappa shape index (κ3) is 11.2. The normalized spacial score (nSPS) is 16.9. The van der Waals surface area contributed by atoms with Gasteiger partial charge < -0.3 is 29.9 Å². The molecule has 1 amide bonds. The molecule has 210 valence electrons. The summed E-state index contributed by atoms with van der Waals surface area (Å²) >= 11 is 0. The van der Waals surface area contributed by atoms with E-state index < -0.39 is 18.2 Å². The number of hydrogen-bond acceptors (Lipinski definition) is 6. The highest BCUT2D eigenvalue weighted by Gasteiger charge is 2.38. The fourth-order valence-corrected chi connectivity index (χ4v) is 4.28. The molecule has 0 aliphatic carbocycles. The van der Waals surface area contributed by atoms with E-state index in [1.54, 1.807) is 0 Å². The number of nitrogens with zero attached hydrogens (tertiary/aromatic N) is 1. The van der Waals surface area contributed by atoms with Crippen LogP contribution in [0.4, 0.5) is 13.2 Å². The number of amides is 1. The number of likely N-dealkylation sites (tertiary alicyclic amines) is 1. The molecule has 0 saturated carbocycles. The van der Waals surface area contributed by atoms with Gasteiger partial charge in [0, 0.05) is 13.0 Å². The van der Waals surface area contributed by atoms with Crippen molar-refractivity contribution in [2.75, 3.05) is 32.8 Å². The predicted octanol–water partition coefficient (Wildman–Crippen LogP) is 4.46. The maximum Gasteiger partial charge on any atom is 0.490 e. The van der Waals surface area contributed by atoms with Gasteiger partial charge in [-0.2, -0.15) is 13.2 Å². The van der Waals surface area contributed by atoms with Gasteiger partial charge in [-0.1, -0.05) is 38.7 Å². The number of aliphatic hydroxyl groups excluding tert-OH is 1. The second-order valence-electron chi connectivity index (χ2n) is 9.33. The number of ether oxygens (including phenoxy) is 2. The summed E-state index contributed by atoms with van der Waals surface area (Å²) in [5.74, 6) is -1.35. The number of carbonyl (C=O) groups is 2. The maximum absolute atomic E-state index is 12.6. The highest BCUT2D eigenvalue weighted by atomic mass is 19.4. The number of aliphatic carboxylic acids is 1. The highest BCUT2D eigenvalue weighted by molar-refractivity contribution is 5.76. The van der Waals surface area contributed by atoms with Crippen LogP contribution in [-0.2, 0) is 9.59 Å². The Bertz CT molecular complexity index is 846. The van der Waals surface area contributed by atoms with Crippen molar-refractivity contribution in [3.05, 3.63) is 23.8 Å². The van der Waals surface area contributed by atoms with Crippen LogP contribution < -0.4 is 14.8 Å². The Morgan fingerprint density at radius 2 is 1.68 bits per heavy atom. The summed E-state index contributed by atoms with van der Waals surface area (Å²) in [7, 11) is 0. The SMILES string of the molecule is CCCCCCCC(=O)N[C@H](CCN1CCCC1)[C@H](O)c1ccc2c(c1)OCCO2.O=C(O)C(F)(F)F. The summed E-state index contributed by atoms with van der Waals surface area (Å²) in [4.78, 5) is 23.9. The summed E-state index contributed by atoms with van der Waals surface area (Å²) in [5.41, 5.74) is 0.758. The number of aliphatic hydroxyl groups is 1. The number of nitrogens with one attached hydrogen (secondary N) is 1. The molecule has 37 heavy (non-hydrogen) atoms. The number of halogens is 3. The summed E-state index contributed by atoms with van der Waals surface area (Å²) in [6.45, 7) is 6.36. The first-order chi connectivity index (χ1) is 17.6. The first-order valence-electron chi connectivity index (χ1n) is 13.0. The molecule has 2 aliphatic rings. The van der Waals surface area contributed by atoms with Crippen LogP contribution in [-0.4, -0.2) is 72.1 Å². The van der Waals surface area contributed by atoms with Crippen molar-refractivity contribution in [1.29, 1.82) is 0 Å². The topological polar surface area (TPSA) is 108 Å². The zero-order valence-electron chi connectivity index (χ0n) is 21.4. The van der Waals surface area contributed by atoms with Crippen LogP contribution in [0.3, 0.4) is 0 Å². The molecule has 2 aliphatic heterocycles. The van der Waals surface area contributed by atoms with Gasteiger partial charge >= 0.3 is 12.1 Å². The zero-order valence-corrected chi connectivity index (χ0v) is 21.4. The molecule has 1 saturated heterocycles. The fourth-order valence-electron chi connectivity index (χ4n) is 4.28. The van der Waals surface area contributed by atoms with E-state index in [2.05, 4.69) is 17.1 Å². The lowest BCUT2D eigenvalue weighted by molar-refractivity contribution is -0.192. The van der Waals surface area contributed by atoms with Crippen LogP contribution in [0, 0.1) is 0 Å². The molecule has 0 radical (unpaired) electrons. The quantitative estimate of drug-likeness (QED) is 0.341. The maximum atomic E-state index is 12.6. The number of benzene rings is 1. The lowest BCUT2D eigenvalue weighted by atomic mass is 9.98. The molecular weight excluding hydrogens is 493 g/mol. The van der Waals surface area contributed by atoms with Crippen molar-refractivity contribution in [2.24, 2.45) is 0 Å². The lowest BCUT2D eigenvalue weighted by Crippen LogP contribution is -2.41. The molecule has 8 nitrogen and oxygen atoms in total. The van der Waals surface area contributed by atoms with Gasteiger partial charge in [-0.15, -0.1) is 0 Å². The summed E-state index contributed by atoms with van der Waals surface area (Å²) in [6, 6.07) is 5.26. The Labute approximate surface area is 216 Å². The lowest BCUT2D eigenvalue weighted by Gasteiger charge is -2.28. The third-order valence-electron chi connectivity index (χ3n) is 6.34. The Morgan fingerprint density at radius 3 is 2.30 bits per heavy atom. The third-order valence-corrected chi connectivity index (χ3v) is 6.34. The summed E-state index contributed by atoms with van der Waals surface area (Å²) < 4.78 is 43.0. The van der Waals surface area contributed by atoms with Crippen LogP contribution in [0.25, 0.3) is 0 Å². The van der Waals surface area contributed by atoms with E-state index in [9.17, 15) is 23.1 Å². The molecule has 1 aromatic carbocycles. The second kappa shape index (κ2) is 15.7. The van der Waals surface area contributed by atoms with E-state index in [1.165, 1.54) is 32.1 Å². The average molecular weight is 533 g/mol. The van der Waals surface area contributed by atoms with E-state index in [1.807, 2.05) is 18.2 Å². The monoisotopic (exact) mass is 532 g/mol. The van der Waals surface area contributed by atoms with E-state index in [0.29, 0.717) is 31.1 Å². The van der Waals surface area contributed by atoms with Crippen LogP contribution >= 0.6 is 0 Å². The van der Waals surface area contributed by atoms with Crippen molar-refractivity contribution >= 4 is 11.9 Å². The highest BCUT2D eigenvalue weighted by Crippen LogP contribution is 2.34. The van der Waals surface area contributed by atoms with Gasteiger partial charge in [-0.25, -0.2) is 4.79 Å². The number of hydrogen-bond donors (Lipinski definition) is 3. The molecule has 0 spiro atoms. The molecule has 3 rings (SSSR count). The Kier molecular flexibility index (Phi) is 13.0. The molecule has 0 unspecified atom stereocenters. The van der Waals surface area contributed by atoms with E-state index in [4.69, 9.17) is 19.4 Å². The molecular formula is C26H39F3N2O6. The molecule has 1 fully saturated rings. The Hall–Kier alpha value is -2.53. The number of carboxylic acid groups (broad SMARTS) is 1. The zero-order chi connectivity index (χ0) is 27.3. The van der Waals surface area contributed by atoms with Crippen LogP contribution in [0.2, 0.25) is 0 Å². The number of carboxylic acids is 1. The van der Waals surface area contributed by atoms with E-state index >= 15 is 0 Å². The minimum absolute atomic E-state index is 0.0366. The van der Waals surface area contributed by atoms with Crippen molar-refractivity contribution < 1.29 is 42.4 Å². The minimum atomic E-state index is -5.08. The molecule has 0 bridgehead atoms. The molecule has 2 atom stereocenters. The Balaban J connectivity index is 0.000000604. The van der Waals surface area contributed by atoms with Crippen molar-refractivity contribution in [3.8, 4) is 11.5 Å². The van der Waals surface area contributed by atoms with Crippen LogP contribution in [0.5, 0.6) is 11.5 Å². The largest absolute Gasteiger partial charge is 0.490 e. The molecule has 3 N–H and O–H groups in total. The number of unbranched alkanes of at least 4 members (excludes halogenated alkanes) is 4. The minimum Gasteiger partial charge on any atom is -0.486 e. The standard InChI is InChI=1S/C24H38N2O4.C2HF3O2/c1-2-3-4-5-6-9-23(27)25-20(12-15-26-13-7-8-14-26)24(28)19-10-11-21-22(18-19)30-17-16-29-21;3-2(4,5)1(6)7/h10-11,18,20,24,28H,2-9,12-17H2,1H3,(H,25,27);(H,6,7)/t20-,24-;/m1./s1. The van der Waals surface area contributed by atoms with Gasteiger partial charge in [-0.05, 0) is 56.5 Å². The van der Waals surface area contributed by atoms with Crippen molar-refractivity contribution in [2.45, 2.75) is 83.0 Å². The second-order valence-corrected chi connectivity index (χ2v) is 9.33.